The highest BCUT2D eigenvalue weighted by atomic mass is 28.4. The van der Waals surface area contributed by atoms with E-state index in [9.17, 15) is 4.79 Å². The number of carbonyl (C=O) groups is 1. The van der Waals surface area contributed by atoms with Crippen molar-refractivity contribution < 1.29 is 18.1 Å². The number of hydrogen-bond donors (Lipinski definition) is 0. The molecule has 0 aromatic heterocycles. The summed E-state index contributed by atoms with van der Waals surface area (Å²) in [4.78, 5) is 11.9. The Kier molecular flexibility index (Phi) is 15.5. The quantitative estimate of drug-likeness (QED) is 0.107. The first-order valence-electron chi connectivity index (χ1n) is 12.9. The first-order chi connectivity index (χ1) is 14.6. The number of hydrogen-bond acceptors (Lipinski definition) is 4. The Morgan fingerprint density at radius 1 is 0.656 bits per heavy atom. The van der Waals surface area contributed by atoms with Crippen LogP contribution in [-0.2, 0) is 18.1 Å². The SMILES string of the molecule is CCCCC[C@@H](/C=C/[C@H](CCCCCCC(=O)O[Si](C)(C)C)O[Si](C)(C)C)O[Si](C)(C)C. The predicted molar refractivity (Wildman–Crippen MR) is 147 cm³/mol. The van der Waals surface area contributed by atoms with Crippen LogP contribution in [0.4, 0.5) is 0 Å². The van der Waals surface area contributed by atoms with E-state index in [-0.39, 0.29) is 18.2 Å². The minimum absolute atomic E-state index is 0.0245. The second-order valence-electron chi connectivity index (χ2n) is 12.0. The van der Waals surface area contributed by atoms with Crippen molar-refractivity contribution in [2.75, 3.05) is 0 Å². The lowest BCUT2D eigenvalue weighted by molar-refractivity contribution is -0.135. The third-order valence-corrected chi connectivity index (χ3v) is 7.54. The van der Waals surface area contributed by atoms with Gasteiger partial charge in [-0.1, -0.05) is 57.6 Å². The van der Waals surface area contributed by atoms with Crippen LogP contribution in [0.2, 0.25) is 58.9 Å². The predicted octanol–water partition coefficient (Wildman–Crippen LogP) is 8.28. The lowest BCUT2D eigenvalue weighted by Gasteiger charge is -2.27. The molecule has 0 saturated carbocycles. The molecule has 2 atom stereocenters. The molecule has 0 radical (unpaired) electrons. The summed E-state index contributed by atoms with van der Waals surface area (Å²) in [6.07, 6.45) is 15.6. The molecule has 0 spiro atoms. The zero-order chi connectivity index (χ0) is 24.8. The molecule has 4 nitrogen and oxygen atoms in total. The van der Waals surface area contributed by atoms with E-state index in [0.29, 0.717) is 6.42 Å². The van der Waals surface area contributed by atoms with Gasteiger partial charge in [-0.15, -0.1) is 0 Å². The minimum atomic E-state index is -1.76. The van der Waals surface area contributed by atoms with Crippen LogP contribution in [0.15, 0.2) is 12.2 Å². The van der Waals surface area contributed by atoms with Crippen LogP contribution in [0.1, 0.15) is 71.1 Å². The van der Waals surface area contributed by atoms with Crippen LogP contribution in [0.3, 0.4) is 0 Å². The summed E-state index contributed by atoms with van der Waals surface area (Å²) in [5.41, 5.74) is 0. The molecule has 0 saturated heterocycles. The van der Waals surface area contributed by atoms with Crippen LogP contribution in [-0.4, -0.2) is 43.1 Å². The second-order valence-corrected chi connectivity index (χ2v) is 25.3. The van der Waals surface area contributed by atoms with Gasteiger partial charge in [0.25, 0.3) is 5.97 Å². The fourth-order valence-corrected chi connectivity index (χ4v) is 6.50. The molecule has 0 aromatic rings. The van der Waals surface area contributed by atoms with Crippen LogP contribution < -0.4 is 0 Å². The number of unbranched alkanes of at least 4 members (excludes halogenated alkanes) is 5. The molecule has 0 N–H and O–H groups in total. The molecule has 0 aliphatic carbocycles. The van der Waals surface area contributed by atoms with E-state index < -0.39 is 25.0 Å². The fourth-order valence-electron chi connectivity index (χ4n) is 3.50. The molecule has 0 heterocycles. The second kappa shape index (κ2) is 15.6. The smallest absolute Gasteiger partial charge is 0.292 e. The number of carbonyl (C=O) groups excluding carboxylic acids is 1. The topological polar surface area (TPSA) is 44.8 Å². The van der Waals surface area contributed by atoms with Crippen molar-refractivity contribution in [3.8, 4) is 0 Å². The normalized spacial score (nSPS) is 15.2. The maximum absolute atomic E-state index is 11.9. The Labute approximate surface area is 203 Å². The van der Waals surface area contributed by atoms with Crippen LogP contribution >= 0.6 is 0 Å². The zero-order valence-electron chi connectivity index (χ0n) is 23.0. The van der Waals surface area contributed by atoms with E-state index in [2.05, 4.69) is 78.0 Å². The third-order valence-electron chi connectivity index (χ3n) is 4.68. The van der Waals surface area contributed by atoms with Gasteiger partial charge >= 0.3 is 0 Å². The van der Waals surface area contributed by atoms with Gasteiger partial charge in [0.05, 0.1) is 12.2 Å². The van der Waals surface area contributed by atoms with Gasteiger partial charge in [-0.2, -0.15) is 0 Å². The van der Waals surface area contributed by atoms with Crippen molar-refractivity contribution in [1.82, 2.24) is 0 Å². The summed E-state index contributed by atoms with van der Waals surface area (Å²) < 4.78 is 18.5. The van der Waals surface area contributed by atoms with Crippen molar-refractivity contribution in [3.05, 3.63) is 12.2 Å². The first-order valence-corrected chi connectivity index (χ1v) is 23.1. The third kappa shape index (κ3) is 21.6. The van der Waals surface area contributed by atoms with Crippen molar-refractivity contribution in [1.29, 1.82) is 0 Å². The van der Waals surface area contributed by atoms with Crippen LogP contribution in [0.5, 0.6) is 0 Å². The highest BCUT2D eigenvalue weighted by Gasteiger charge is 2.22. The monoisotopic (exact) mass is 502 g/mol. The Balaban J connectivity index is 4.66. The lowest BCUT2D eigenvalue weighted by Crippen LogP contribution is -2.33. The van der Waals surface area contributed by atoms with Crippen molar-refractivity contribution >= 4 is 30.9 Å². The maximum atomic E-state index is 11.9. The minimum Gasteiger partial charge on any atom is -0.520 e. The van der Waals surface area contributed by atoms with E-state index in [0.717, 1.165) is 38.5 Å². The Morgan fingerprint density at radius 2 is 1.09 bits per heavy atom. The summed E-state index contributed by atoms with van der Waals surface area (Å²) in [6, 6.07) is 0. The summed E-state index contributed by atoms with van der Waals surface area (Å²) >= 11 is 0. The van der Waals surface area contributed by atoms with E-state index in [1.165, 1.54) is 19.3 Å². The van der Waals surface area contributed by atoms with Gasteiger partial charge in [0.15, 0.2) is 16.6 Å². The van der Waals surface area contributed by atoms with Crippen LogP contribution in [0.25, 0.3) is 0 Å². The molecule has 0 aromatic carbocycles. The molecule has 0 bridgehead atoms. The molecule has 0 aliphatic rings. The molecule has 0 aliphatic heterocycles. The molecule has 0 amide bonds. The summed E-state index contributed by atoms with van der Waals surface area (Å²) in [5, 5.41) is 0. The van der Waals surface area contributed by atoms with E-state index in [1.807, 2.05) is 0 Å². The van der Waals surface area contributed by atoms with Gasteiger partial charge in [-0.05, 0) is 78.2 Å². The first kappa shape index (κ1) is 31.8. The van der Waals surface area contributed by atoms with E-state index >= 15 is 0 Å². The van der Waals surface area contributed by atoms with E-state index in [1.54, 1.807) is 0 Å². The fraction of sp³-hybridized carbons (Fsp3) is 0.880. The average Bonchev–Trinajstić information content (AvgIpc) is 2.58. The standard InChI is InChI=1S/C25H54O4Si3/c1-11-12-15-18-23(27-30(2,3)4)21-22-24(28-31(5,6)7)19-16-13-14-17-20-25(26)29-32(8,9)10/h21-24H,11-20H2,1-10H3/b22-21+/t23-,24-/m0/s1. The Hall–Kier alpha value is -0.219. The lowest BCUT2D eigenvalue weighted by atomic mass is 10.1. The molecule has 32 heavy (non-hydrogen) atoms. The molecule has 7 heteroatoms. The molecular weight excluding hydrogens is 449 g/mol. The largest absolute Gasteiger partial charge is 0.520 e. The van der Waals surface area contributed by atoms with Gasteiger partial charge < -0.3 is 13.3 Å². The van der Waals surface area contributed by atoms with Gasteiger partial charge in [-0.3, -0.25) is 4.79 Å². The van der Waals surface area contributed by atoms with Gasteiger partial charge in [0.2, 0.25) is 8.32 Å². The molecule has 0 rings (SSSR count). The van der Waals surface area contributed by atoms with Crippen molar-refractivity contribution in [3.63, 3.8) is 0 Å². The Bertz CT molecular complexity index is 531. The average molecular weight is 503 g/mol. The van der Waals surface area contributed by atoms with Gasteiger partial charge in [0.1, 0.15) is 0 Å². The van der Waals surface area contributed by atoms with Gasteiger partial charge in [-0.25, -0.2) is 0 Å². The molecule has 0 fully saturated rings. The van der Waals surface area contributed by atoms with Crippen LogP contribution in [0, 0.1) is 0 Å². The maximum Gasteiger partial charge on any atom is 0.292 e. The summed E-state index contributed by atoms with van der Waals surface area (Å²) in [6.45, 7) is 22.0. The van der Waals surface area contributed by atoms with Crippen molar-refractivity contribution in [2.24, 2.45) is 0 Å². The summed E-state index contributed by atoms with van der Waals surface area (Å²) in [5.74, 6) is -0.0245. The molecule has 0 unspecified atom stereocenters. The van der Waals surface area contributed by atoms with Crippen molar-refractivity contribution in [2.45, 2.75) is 142 Å². The highest BCUT2D eigenvalue weighted by Crippen LogP contribution is 2.19. The molecular formula is C25H54O4Si3. The van der Waals surface area contributed by atoms with Gasteiger partial charge in [0, 0.05) is 6.42 Å². The zero-order valence-corrected chi connectivity index (χ0v) is 26.0. The molecule has 190 valence electrons. The Morgan fingerprint density at radius 3 is 1.50 bits per heavy atom. The highest BCUT2D eigenvalue weighted by molar-refractivity contribution is 6.71. The summed E-state index contributed by atoms with van der Waals surface area (Å²) in [7, 11) is -4.96. The number of rotatable bonds is 18. The van der Waals surface area contributed by atoms with E-state index in [4.69, 9.17) is 13.3 Å².